The molecular weight excluding hydrogens is 210 g/mol. The first-order chi connectivity index (χ1) is 8.25. The average Bonchev–Trinajstić information content (AvgIpc) is 2.39. The summed E-state index contributed by atoms with van der Waals surface area (Å²) in [7, 11) is 0. The summed E-state index contributed by atoms with van der Waals surface area (Å²) in [6.07, 6.45) is 12.7. The fourth-order valence-electron chi connectivity index (χ4n) is 2.84. The number of carbonyl (C=O) groups excluding carboxylic acids is 1. The van der Waals surface area contributed by atoms with Crippen molar-refractivity contribution in [1.29, 1.82) is 0 Å². The summed E-state index contributed by atoms with van der Waals surface area (Å²) in [4.78, 5) is 12.3. The summed E-state index contributed by atoms with van der Waals surface area (Å²) in [5.41, 5.74) is 5.70. The fraction of sp³-hybridized carbons (Fsp3) is 0.800. The van der Waals surface area contributed by atoms with E-state index in [0.717, 1.165) is 44.9 Å². The number of ketones is 1. The van der Waals surface area contributed by atoms with Crippen LogP contribution in [-0.2, 0) is 4.79 Å². The van der Waals surface area contributed by atoms with Gasteiger partial charge in [-0.05, 0) is 32.1 Å². The normalized spacial score (nSPS) is 18.9. The lowest BCUT2D eigenvalue weighted by atomic mass is 9.70. The molecule has 0 aromatic rings. The van der Waals surface area contributed by atoms with Crippen molar-refractivity contribution in [3.8, 4) is 0 Å². The van der Waals surface area contributed by atoms with Crippen molar-refractivity contribution >= 4 is 5.78 Å². The average molecular weight is 237 g/mol. The van der Waals surface area contributed by atoms with Crippen LogP contribution in [0.2, 0.25) is 0 Å². The second-order valence-corrected chi connectivity index (χ2v) is 5.36. The van der Waals surface area contributed by atoms with Crippen molar-refractivity contribution in [3.63, 3.8) is 0 Å². The van der Waals surface area contributed by atoms with Crippen LogP contribution in [0.15, 0.2) is 12.7 Å². The van der Waals surface area contributed by atoms with Gasteiger partial charge >= 0.3 is 0 Å². The summed E-state index contributed by atoms with van der Waals surface area (Å²) in [6.45, 7) is 4.26. The number of nitrogens with two attached hydrogens (primary N) is 1. The molecule has 0 unspecified atom stereocenters. The fourth-order valence-corrected chi connectivity index (χ4v) is 2.84. The number of hydrogen-bond donors (Lipinski definition) is 1. The van der Waals surface area contributed by atoms with Crippen LogP contribution >= 0.6 is 0 Å². The van der Waals surface area contributed by atoms with E-state index in [2.05, 4.69) is 6.58 Å². The van der Waals surface area contributed by atoms with E-state index in [1.807, 2.05) is 6.08 Å². The van der Waals surface area contributed by atoms with Crippen molar-refractivity contribution in [2.24, 2.45) is 11.1 Å². The summed E-state index contributed by atoms with van der Waals surface area (Å²) in [6, 6.07) is 0. The number of allylic oxidation sites excluding steroid dienone is 1. The van der Waals surface area contributed by atoms with Crippen molar-refractivity contribution in [3.05, 3.63) is 12.7 Å². The molecular formula is C15H27NO. The smallest absolute Gasteiger partial charge is 0.140 e. The summed E-state index contributed by atoms with van der Waals surface area (Å²) < 4.78 is 0. The van der Waals surface area contributed by atoms with Gasteiger partial charge in [0.2, 0.25) is 0 Å². The highest BCUT2D eigenvalue weighted by Gasteiger charge is 2.36. The van der Waals surface area contributed by atoms with E-state index in [4.69, 9.17) is 5.73 Å². The van der Waals surface area contributed by atoms with Crippen LogP contribution in [0, 0.1) is 5.41 Å². The predicted molar refractivity (Wildman–Crippen MR) is 72.9 cm³/mol. The van der Waals surface area contributed by atoms with Crippen LogP contribution in [0.5, 0.6) is 0 Å². The number of rotatable bonds is 8. The monoisotopic (exact) mass is 237 g/mol. The number of hydrogen-bond acceptors (Lipinski definition) is 2. The topological polar surface area (TPSA) is 43.1 Å². The molecule has 0 amide bonds. The largest absolute Gasteiger partial charge is 0.329 e. The zero-order valence-corrected chi connectivity index (χ0v) is 11.0. The molecule has 1 aliphatic carbocycles. The Kier molecular flexibility index (Phi) is 6.49. The Labute approximate surface area is 106 Å². The zero-order chi connectivity index (χ0) is 12.6. The van der Waals surface area contributed by atoms with Gasteiger partial charge in [0.25, 0.3) is 0 Å². The van der Waals surface area contributed by atoms with E-state index < -0.39 is 0 Å². The van der Waals surface area contributed by atoms with Crippen LogP contribution < -0.4 is 5.73 Å². The molecule has 0 aromatic heterocycles. The van der Waals surface area contributed by atoms with Gasteiger partial charge in [0.15, 0.2) is 0 Å². The van der Waals surface area contributed by atoms with Crippen molar-refractivity contribution < 1.29 is 4.79 Å². The molecule has 2 heteroatoms. The predicted octanol–water partition coefficient (Wildman–Crippen LogP) is 3.60. The lowest BCUT2D eigenvalue weighted by Gasteiger charge is -2.34. The van der Waals surface area contributed by atoms with Gasteiger partial charge in [-0.1, -0.05) is 31.8 Å². The lowest BCUT2D eigenvalue weighted by Crippen LogP contribution is -2.40. The number of carbonyl (C=O) groups is 1. The van der Waals surface area contributed by atoms with Crippen molar-refractivity contribution in [2.45, 2.75) is 64.2 Å². The van der Waals surface area contributed by atoms with E-state index in [9.17, 15) is 4.79 Å². The molecule has 2 N–H and O–H groups in total. The maximum Gasteiger partial charge on any atom is 0.140 e. The van der Waals surface area contributed by atoms with Crippen LogP contribution in [0.1, 0.15) is 64.2 Å². The first-order valence-electron chi connectivity index (χ1n) is 7.09. The van der Waals surface area contributed by atoms with Gasteiger partial charge in [-0.3, -0.25) is 4.79 Å². The standard InChI is InChI=1S/C15H27NO/c1-2-3-4-5-7-10-14(17)15(13-16)11-8-6-9-12-15/h2H,1,3-13,16H2. The van der Waals surface area contributed by atoms with Gasteiger partial charge in [0.05, 0.1) is 0 Å². The highest BCUT2D eigenvalue weighted by molar-refractivity contribution is 5.85. The molecule has 2 nitrogen and oxygen atoms in total. The number of unbranched alkanes of at least 4 members (excludes halogenated alkanes) is 3. The molecule has 0 heterocycles. The van der Waals surface area contributed by atoms with E-state index in [-0.39, 0.29) is 5.41 Å². The third-order valence-corrected chi connectivity index (χ3v) is 4.10. The third kappa shape index (κ3) is 4.27. The van der Waals surface area contributed by atoms with Crippen molar-refractivity contribution in [2.75, 3.05) is 6.54 Å². The van der Waals surface area contributed by atoms with Gasteiger partial charge in [-0.25, -0.2) is 0 Å². The van der Waals surface area contributed by atoms with Crippen LogP contribution in [0.25, 0.3) is 0 Å². The van der Waals surface area contributed by atoms with Crippen LogP contribution in [0.3, 0.4) is 0 Å². The number of Topliss-reactive ketones (excluding diaryl/α,β-unsaturated/α-hetero) is 1. The second kappa shape index (κ2) is 7.65. The zero-order valence-electron chi connectivity index (χ0n) is 11.0. The molecule has 17 heavy (non-hydrogen) atoms. The SMILES string of the molecule is C=CCCCCCC(=O)C1(CN)CCCCC1. The third-order valence-electron chi connectivity index (χ3n) is 4.10. The summed E-state index contributed by atoms with van der Waals surface area (Å²) in [5.74, 6) is 0.429. The molecule has 0 aliphatic heterocycles. The van der Waals surface area contributed by atoms with E-state index in [1.165, 1.54) is 19.3 Å². The summed E-state index contributed by atoms with van der Waals surface area (Å²) in [5, 5.41) is 0. The van der Waals surface area contributed by atoms with Gasteiger partial charge in [0, 0.05) is 18.4 Å². The molecule has 0 aromatic carbocycles. The van der Waals surface area contributed by atoms with Crippen LogP contribution in [-0.4, -0.2) is 12.3 Å². The molecule has 1 aliphatic rings. The minimum atomic E-state index is -0.156. The molecule has 0 bridgehead atoms. The molecule has 0 saturated heterocycles. The van der Waals surface area contributed by atoms with Gasteiger partial charge in [-0.2, -0.15) is 0 Å². The first-order valence-corrected chi connectivity index (χ1v) is 7.09. The highest BCUT2D eigenvalue weighted by Crippen LogP contribution is 2.37. The molecule has 0 spiro atoms. The first kappa shape index (κ1) is 14.4. The molecule has 0 radical (unpaired) electrons. The Morgan fingerprint density at radius 1 is 1.18 bits per heavy atom. The maximum absolute atomic E-state index is 12.3. The Bertz CT molecular complexity index is 241. The minimum absolute atomic E-state index is 0.156. The molecule has 0 atom stereocenters. The van der Waals surface area contributed by atoms with E-state index >= 15 is 0 Å². The molecule has 98 valence electrons. The van der Waals surface area contributed by atoms with E-state index in [1.54, 1.807) is 0 Å². The van der Waals surface area contributed by atoms with Gasteiger partial charge in [0.1, 0.15) is 5.78 Å². The molecule has 1 fully saturated rings. The Balaban J connectivity index is 2.30. The van der Waals surface area contributed by atoms with E-state index in [0.29, 0.717) is 12.3 Å². The highest BCUT2D eigenvalue weighted by atomic mass is 16.1. The Morgan fingerprint density at radius 3 is 2.47 bits per heavy atom. The summed E-state index contributed by atoms with van der Waals surface area (Å²) >= 11 is 0. The minimum Gasteiger partial charge on any atom is -0.329 e. The lowest BCUT2D eigenvalue weighted by molar-refractivity contribution is -0.130. The Hall–Kier alpha value is -0.630. The van der Waals surface area contributed by atoms with Gasteiger partial charge < -0.3 is 5.73 Å². The van der Waals surface area contributed by atoms with Crippen molar-refractivity contribution in [1.82, 2.24) is 0 Å². The second-order valence-electron chi connectivity index (χ2n) is 5.36. The maximum atomic E-state index is 12.3. The molecule has 1 saturated carbocycles. The van der Waals surface area contributed by atoms with Crippen LogP contribution in [0.4, 0.5) is 0 Å². The Morgan fingerprint density at radius 2 is 1.88 bits per heavy atom. The quantitative estimate of drug-likeness (QED) is 0.518. The molecule has 1 rings (SSSR count). The van der Waals surface area contributed by atoms with Gasteiger partial charge in [-0.15, -0.1) is 6.58 Å².